The average molecular weight is 232 g/mol. The molecule has 17 heavy (non-hydrogen) atoms. The fourth-order valence-electron chi connectivity index (χ4n) is 3.07. The van der Waals surface area contributed by atoms with Gasteiger partial charge in [-0.3, -0.25) is 4.79 Å². The van der Waals surface area contributed by atoms with Crippen LogP contribution in [-0.2, 0) is 11.2 Å². The summed E-state index contributed by atoms with van der Waals surface area (Å²) in [7, 11) is 0. The smallest absolute Gasteiger partial charge is 0.303 e. The molecule has 0 radical (unpaired) electrons. The van der Waals surface area contributed by atoms with Crippen molar-refractivity contribution in [2.24, 2.45) is 5.41 Å². The van der Waals surface area contributed by atoms with Crippen LogP contribution in [0.15, 0.2) is 30.3 Å². The van der Waals surface area contributed by atoms with E-state index in [0.29, 0.717) is 6.42 Å². The predicted octanol–water partition coefficient (Wildman–Crippen LogP) is 3.65. The van der Waals surface area contributed by atoms with Gasteiger partial charge in [0, 0.05) is 0 Å². The number of carbonyl (C=O) groups is 1. The maximum absolute atomic E-state index is 11.1. The summed E-state index contributed by atoms with van der Waals surface area (Å²) >= 11 is 0. The molecule has 0 amide bonds. The third-order valence-corrected chi connectivity index (χ3v) is 3.86. The Morgan fingerprint density at radius 1 is 1.12 bits per heavy atom. The average Bonchev–Trinajstić information content (AvgIpc) is 2.30. The van der Waals surface area contributed by atoms with Gasteiger partial charge in [-0.05, 0) is 30.2 Å². The summed E-state index contributed by atoms with van der Waals surface area (Å²) in [6.07, 6.45) is 6.99. The highest BCUT2D eigenvalue weighted by Crippen LogP contribution is 2.42. The first-order valence-corrected chi connectivity index (χ1v) is 6.46. The Labute approximate surface area is 103 Å². The van der Waals surface area contributed by atoms with Crippen LogP contribution in [0.2, 0.25) is 0 Å². The van der Waals surface area contributed by atoms with E-state index in [4.69, 9.17) is 5.11 Å². The maximum atomic E-state index is 11.1. The lowest BCUT2D eigenvalue weighted by Gasteiger charge is -2.36. The molecule has 0 bridgehead atoms. The largest absolute Gasteiger partial charge is 0.481 e. The standard InChI is InChI=1S/C15H20O2/c16-14(17)12-15(9-5-2-6-10-15)11-13-7-3-1-4-8-13/h1,3-4,7-8H,2,5-6,9-12H2,(H,16,17). The van der Waals surface area contributed by atoms with Crippen LogP contribution in [0.1, 0.15) is 44.1 Å². The maximum Gasteiger partial charge on any atom is 0.303 e. The Bertz CT molecular complexity index is 364. The van der Waals surface area contributed by atoms with Gasteiger partial charge < -0.3 is 5.11 Å². The van der Waals surface area contributed by atoms with E-state index >= 15 is 0 Å². The highest BCUT2D eigenvalue weighted by molar-refractivity contribution is 5.67. The molecule has 0 unspecified atom stereocenters. The molecular formula is C15H20O2. The lowest BCUT2D eigenvalue weighted by Crippen LogP contribution is -2.29. The van der Waals surface area contributed by atoms with Gasteiger partial charge in [0.2, 0.25) is 0 Å². The second-order valence-electron chi connectivity index (χ2n) is 5.29. The topological polar surface area (TPSA) is 37.3 Å². The van der Waals surface area contributed by atoms with Gasteiger partial charge >= 0.3 is 5.97 Å². The zero-order chi connectivity index (χ0) is 12.1. The molecule has 1 aliphatic carbocycles. The van der Waals surface area contributed by atoms with E-state index in [9.17, 15) is 4.79 Å². The van der Waals surface area contributed by atoms with Crippen LogP contribution in [0.5, 0.6) is 0 Å². The molecule has 1 fully saturated rings. The molecule has 1 aliphatic rings. The van der Waals surface area contributed by atoms with E-state index < -0.39 is 5.97 Å². The van der Waals surface area contributed by atoms with E-state index in [1.807, 2.05) is 18.2 Å². The zero-order valence-electron chi connectivity index (χ0n) is 10.2. The van der Waals surface area contributed by atoms with Crippen LogP contribution in [0.4, 0.5) is 0 Å². The van der Waals surface area contributed by atoms with Gasteiger partial charge in [0.1, 0.15) is 0 Å². The van der Waals surface area contributed by atoms with Gasteiger partial charge in [0.05, 0.1) is 6.42 Å². The molecule has 1 aromatic rings. The Morgan fingerprint density at radius 3 is 2.35 bits per heavy atom. The molecule has 2 heteroatoms. The summed E-state index contributed by atoms with van der Waals surface area (Å²) in [5.41, 5.74) is 1.28. The van der Waals surface area contributed by atoms with Crippen molar-refractivity contribution in [3.63, 3.8) is 0 Å². The first-order valence-electron chi connectivity index (χ1n) is 6.46. The van der Waals surface area contributed by atoms with Crippen LogP contribution in [0.3, 0.4) is 0 Å². The first-order chi connectivity index (χ1) is 8.20. The van der Waals surface area contributed by atoms with Gasteiger partial charge in [-0.25, -0.2) is 0 Å². The molecule has 1 N–H and O–H groups in total. The molecule has 0 atom stereocenters. The molecule has 0 heterocycles. The van der Waals surface area contributed by atoms with E-state index in [1.54, 1.807) is 0 Å². The fourth-order valence-corrected chi connectivity index (χ4v) is 3.07. The van der Waals surface area contributed by atoms with Crippen molar-refractivity contribution in [2.45, 2.75) is 44.9 Å². The minimum absolute atomic E-state index is 0.00539. The summed E-state index contributed by atoms with van der Waals surface area (Å²) in [6, 6.07) is 10.3. The van der Waals surface area contributed by atoms with Crippen molar-refractivity contribution in [3.8, 4) is 0 Å². The van der Waals surface area contributed by atoms with Crippen LogP contribution in [0, 0.1) is 5.41 Å². The lowest BCUT2D eigenvalue weighted by atomic mass is 9.68. The van der Waals surface area contributed by atoms with Crippen molar-refractivity contribution in [2.75, 3.05) is 0 Å². The Balaban J connectivity index is 2.12. The molecule has 1 aromatic carbocycles. The summed E-state index contributed by atoms with van der Waals surface area (Å²) in [5, 5.41) is 9.11. The number of hydrogen-bond acceptors (Lipinski definition) is 1. The zero-order valence-corrected chi connectivity index (χ0v) is 10.2. The molecule has 2 rings (SSSR count). The monoisotopic (exact) mass is 232 g/mol. The van der Waals surface area contributed by atoms with Crippen molar-refractivity contribution in [1.82, 2.24) is 0 Å². The Hall–Kier alpha value is -1.31. The fraction of sp³-hybridized carbons (Fsp3) is 0.533. The number of benzene rings is 1. The molecule has 2 nitrogen and oxygen atoms in total. The van der Waals surface area contributed by atoms with Gasteiger partial charge in [0.15, 0.2) is 0 Å². The number of rotatable bonds is 4. The number of carboxylic acids is 1. The second kappa shape index (κ2) is 5.35. The molecule has 0 aliphatic heterocycles. The predicted molar refractivity (Wildman–Crippen MR) is 67.9 cm³/mol. The number of hydrogen-bond donors (Lipinski definition) is 1. The quantitative estimate of drug-likeness (QED) is 0.860. The number of carboxylic acid groups (broad SMARTS) is 1. The van der Waals surface area contributed by atoms with Crippen LogP contribution < -0.4 is 0 Å². The summed E-state index contributed by atoms with van der Waals surface area (Å²) in [4.78, 5) is 11.1. The summed E-state index contributed by atoms with van der Waals surface area (Å²) in [6.45, 7) is 0. The number of aliphatic carboxylic acids is 1. The minimum Gasteiger partial charge on any atom is -0.481 e. The second-order valence-corrected chi connectivity index (χ2v) is 5.29. The van der Waals surface area contributed by atoms with Gasteiger partial charge in [-0.15, -0.1) is 0 Å². The highest BCUT2D eigenvalue weighted by Gasteiger charge is 2.34. The van der Waals surface area contributed by atoms with Crippen molar-refractivity contribution in [1.29, 1.82) is 0 Å². The van der Waals surface area contributed by atoms with Crippen LogP contribution in [0.25, 0.3) is 0 Å². The van der Waals surface area contributed by atoms with Crippen molar-refractivity contribution < 1.29 is 9.90 Å². The summed E-state index contributed by atoms with van der Waals surface area (Å²) in [5.74, 6) is -0.650. The van der Waals surface area contributed by atoms with E-state index in [0.717, 1.165) is 19.3 Å². The molecular weight excluding hydrogens is 212 g/mol. The van der Waals surface area contributed by atoms with Gasteiger partial charge in [-0.2, -0.15) is 0 Å². The molecule has 0 spiro atoms. The SMILES string of the molecule is O=C(O)CC1(Cc2ccccc2)CCCCC1. The van der Waals surface area contributed by atoms with Gasteiger partial charge in [0.25, 0.3) is 0 Å². The van der Waals surface area contributed by atoms with Crippen molar-refractivity contribution in [3.05, 3.63) is 35.9 Å². The highest BCUT2D eigenvalue weighted by atomic mass is 16.4. The first kappa shape index (κ1) is 12.2. The summed E-state index contributed by atoms with van der Waals surface area (Å²) < 4.78 is 0. The molecule has 1 saturated carbocycles. The minimum atomic E-state index is -0.650. The van der Waals surface area contributed by atoms with Crippen LogP contribution >= 0.6 is 0 Å². The Kier molecular flexibility index (Phi) is 3.82. The molecule has 0 aromatic heterocycles. The lowest BCUT2D eigenvalue weighted by molar-refractivity contribution is -0.140. The molecule has 92 valence electrons. The third kappa shape index (κ3) is 3.32. The molecule has 0 saturated heterocycles. The van der Waals surface area contributed by atoms with Crippen LogP contribution in [-0.4, -0.2) is 11.1 Å². The Morgan fingerprint density at radius 2 is 1.76 bits per heavy atom. The van der Waals surface area contributed by atoms with E-state index in [-0.39, 0.29) is 5.41 Å². The van der Waals surface area contributed by atoms with E-state index in [2.05, 4.69) is 12.1 Å². The third-order valence-electron chi connectivity index (χ3n) is 3.86. The normalized spacial score (nSPS) is 18.8. The van der Waals surface area contributed by atoms with Crippen molar-refractivity contribution >= 4 is 5.97 Å². The van der Waals surface area contributed by atoms with Gasteiger partial charge in [-0.1, -0.05) is 49.6 Å². The van der Waals surface area contributed by atoms with E-state index in [1.165, 1.54) is 24.8 Å².